The number of carbonyl (C=O) groups excluding carboxylic acids is 2. The van der Waals surface area contributed by atoms with Crippen LogP contribution in [0.5, 0.6) is 5.75 Å². The number of aromatic nitrogens is 4. The first kappa shape index (κ1) is 32.0. The number of piperazine rings is 1. The third kappa shape index (κ3) is 5.66. The number of benzene rings is 1. The molecule has 0 radical (unpaired) electrons. The molecule has 0 unspecified atom stereocenters. The minimum absolute atomic E-state index is 0.0686. The summed E-state index contributed by atoms with van der Waals surface area (Å²) in [5, 5.41) is 13.0. The van der Waals surface area contributed by atoms with Crippen LogP contribution in [0.15, 0.2) is 29.3 Å². The maximum atomic E-state index is 15.3. The fourth-order valence-corrected chi connectivity index (χ4v) is 7.06. The highest BCUT2D eigenvalue weighted by molar-refractivity contribution is 6.33. The minimum Gasteiger partial charge on any atom is -0.504 e. The van der Waals surface area contributed by atoms with Crippen LogP contribution in [0.4, 0.5) is 20.3 Å². The smallest absolute Gasteiger partial charge is 0.263 e. The molecule has 252 valence electrons. The number of aromatic hydroxyl groups is 1. The zero-order valence-corrected chi connectivity index (χ0v) is 27.3. The monoisotopic (exact) mass is 680 g/mol. The van der Waals surface area contributed by atoms with Crippen molar-refractivity contribution >= 4 is 46.0 Å². The molecule has 5 heterocycles. The van der Waals surface area contributed by atoms with E-state index < -0.39 is 45.9 Å². The molecule has 2 aliphatic heterocycles. The summed E-state index contributed by atoms with van der Waals surface area (Å²) in [6.45, 7) is 8.15. The number of halogens is 3. The van der Waals surface area contributed by atoms with Gasteiger partial charge in [0, 0.05) is 68.6 Å². The van der Waals surface area contributed by atoms with E-state index in [1.54, 1.807) is 6.07 Å². The second-order valence-electron chi connectivity index (χ2n) is 13.4. The van der Waals surface area contributed by atoms with Gasteiger partial charge in [0.05, 0.1) is 27.9 Å². The van der Waals surface area contributed by atoms with E-state index in [9.17, 15) is 23.9 Å². The van der Waals surface area contributed by atoms with Crippen molar-refractivity contribution in [3.05, 3.63) is 62.9 Å². The Hall–Kier alpha value is -4.56. The molecule has 12 nitrogen and oxygen atoms in total. The first-order chi connectivity index (χ1) is 22.8. The Kier molecular flexibility index (Phi) is 7.90. The molecular weight excluding hydrogens is 646 g/mol. The molecule has 0 bridgehead atoms. The molecule has 4 aromatic rings. The van der Waals surface area contributed by atoms with Gasteiger partial charge in [-0.1, -0.05) is 18.5 Å². The molecule has 1 saturated heterocycles. The molecule has 1 saturated carbocycles. The Bertz CT molecular complexity index is 2060. The number of rotatable bonds is 8. The largest absolute Gasteiger partial charge is 0.504 e. The highest BCUT2D eigenvalue weighted by Crippen LogP contribution is 2.45. The second kappa shape index (κ2) is 11.8. The van der Waals surface area contributed by atoms with Crippen LogP contribution in [0.25, 0.3) is 22.2 Å². The summed E-state index contributed by atoms with van der Waals surface area (Å²) >= 11 is 6.47. The van der Waals surface area contributed by atoms with E-state index in [0.29, 0.717) is 42.1 Å². The molecule has 2 fully saturated rings. The fraction of sp³-hybridized carbons (Fsp3) is 0.424. The standard InChI is InChI=1S/C33H35ClF2N8O4/c1-17-13-41(16-33(2)5-6-33)8-9-43(17)24-11-22(21(34)12-38-24)39-25(45)15-42-14-20(18-10-19(30(37)47)29(46)28(36)27(18)35)26-31(42)40-23-4-3-7-44(23)32(26)48/h10-12,14,17,46H,3-9,13,15-16H2,1-2H3,(H2,37,47)(H,38,39,45)/t17-/m0/s1. The van der Waals surface area contributed by atoms with Crippen molar-refractivity contribution in [2.45, 2.75) is 58.7 Å². The summed E-state index contributed by atoms with van der Waals surface area (Å²) in [7, 11) is 0. The van der Waals surface area contributed by atoms with Crippen LogP contribution in [0.2, 0.25) is 5.02 Å². The zero-order chi connectivity index (χ0) is 34.1. The van der Waals surface area contributed by atoms with E-state index in [4.69, 9.17) is 17.3 Å². The number of nitrogens with zero attached hydrogens (tertiary/aromatic N) is 6. The number of anilines is 2. The molecule has 7 rings (SSSR count). The Morgan fingerprint density at radius 3 is 2.65 bits per heavy atom. The maximum absolute atomic E-state index is 15.3. The number of nitrogens with one attached hydrogen (secondary N) is 1. The first-order valence-corrected chi connectivity index (χ1v) is 16.3. The lowest BCUT2D eigenvalue weighted by molar-refractivity contribution is -0.116. The molecule has 1 aromatic carbocycles. The third-order valence-corrected chi connectivity index (χ3v) is 10.0. The van der Waals surface area contributed by atoms with Crippen LogP contribution in [0.3, 0.4) is 0 Å². The predicted octanol–water partition coefficient (Wildman–Crippen LogP) is 3.89. The number of nitrogens with two attached hydrogens (primary N) is 1. The van der Waals surface area contributed by atoms with E-state index in [1.165, 1.54) is 34.4 Å². The summed E-state index contributed by atoms with van der Waals surface area (Å²) in [5.74, 6) is -4.96. The average molecular weight is 681 g/mol. The topological polar surface area (TPSA) is 152 Å². The number of aryl methyl sites for hydroxylation is 1. The van der Waals surface area contributed by atoms with Gasteiger partial charge >= 0.3 is 0 Å². The van der Waals surface area contributed by atoms with E-state index in [-0.39, 0.29) is 34.2 Å². The Balaban J connectivity index is 1.19. The lowest BCUT2D eigenvalue weighted by atomic mass is 10.0. The summed E-state index contributed by atoms with van der Waals surface area (Å²) in [6, 6.07) is 2.80. The molecule has 1 aliphatic carbocycles. The van der Waals surface area contributed by atoms with Gasteiger partial charge in [-0.2, -0.15) is 4.39 Å². The molecule has 48 heavy (non-hydrogen) atoms. The lowest BCUT2D eigenvalue weighted by Gasteiger charge is -2.41. The lowest BCUT2D eigenvalue weighted by Crippen LogP contribution is -2.53. The Morgan fingerprint density at radius 2 is 1.94 bits per heavy atom. The number of pyridine rings is 1. The van der Waals surface area contributed by atoms with Crippen molar-refractivity contribution < 1.29 is 23.5 Å². The van der Waals surface area contributed by atoms with Crippen molar-refractivity contribution in [1.29, 1.82) is 0 Å². The van der Waals surface area contributed by atoms with Crippen molar-refractivity contribution in [1.82, 2.24) is 24.0 Å². The van der Waals surface area contributed by atoms with Crippen LogP contribution in [0, 0.1) is 17.0 Å². The maximum Gasteiger partial charge on any atom is 0.263 e. The Labute approximate surface area is 279 Å². The Morgan fingerprint density at radius 1 is 1.17 bits per heavy atom. The predicted molar refractivity (Wildman–Crippen MR) is 176 cm³/mol. The van der Waals surface area contributed by atoms with Gasteiger partial charge in [-0.15, -0.1) is 0 Å². The van der Waals surface area contributed by atoms with Gasteiger partial charge in [-0.25, -0.2) is 14.4 Å². The van der Waals surface area contributed by atoms with Gasteiger partial charge in [-0.3, -0.25) is 23.9 Å². The van der Waals surface area contributed by atoms with E-state index in [1.807, 2.05) is 0 Å². The average Bonchev–Trinajstić information content (AvgIpc) is 3.40. The molecule has 1 atom stereocenters. The van der Waals surface area contributed by atoms with Crippen LogP contribution < -0.4 is 21.5 Å². The van der Waals surface area contributed by atoms with Crippen LogP contribution >= 0.6 is 11.6 Å². The number of carbonyl (C=O) groups is 2. The van der Waals surface area contributed by atoms with E-state index in [0.717, 1.165) is 32.2 Å². The van der Waals surface area contributed by atoms with Crippen molar-refractivity contribution in [2.75, 3.05) is 36.4 Å². The quantitative estimate of drug-likeness (QED) is 0.254. The van der Waals surface area contributed by atoms with Crippen LogP contribution in [-0.4, -0.2) is 73.1 Å². The fourth-order valence-electron chi connectivity index (χ4n) is 6.91. The normalized spacial score (nSPS) is 18.7. The van der Waals surface area contributed by atoms with Crippen LogP contribution in [0.1, 0.15) is 49.3 Å². The van der Waals surface area contributed by atoms with Gasteiger partial charge in [0.2, 0.25) is 11.7 Å². The highest BCUT2D eigenvalue weighted by Gasteiger charge is 2.40. The molecule has 0 spiro atoms. The van der Waals surface area contributed by atoms with Crippen molar-refractivity contribution in [2.24, 2.45) is 11.1 Å². The number of amides is 2. The first-order valence-electron chi connectivity index (χ1n) is 15.9. The number of fused-ring (bicyclic) bond motifs is 2. The molecule has 4 N–H and O–H groups in total. The summed E-state index contributed by atoms with van der Waals surface area (Å²) in [5.41, 5.74) is 4.40. The molecule has 2 amide bonds. The second-order valence-corrected chi connectivity index (χ2v) is 13.8. The van der Waals surface area contributed by atoms with Crippen LogP contribution in [-0.2, 0) is 24.3 Å². The third-order valence-electron chi connectivity index (χ3n) is 9.72. The molecule has 3 aromatic heterocycles. The van der Waals surface area contributed by atoms with E-state index in [2.05, 4.69) is 38.9 Å². The molecule has 15 heteroatoms. The number of hydrogen-bond acceptors (Lipinski definition) is 8. The van der Waals surface area contributed by atoms with E-state index >= 15 is 4.39 Å². The van der Waals surface area contributed by atoms with Gasteiger partial charge in [-0.05, 0) is 37.7 Å². The highest BCUT2D eigenvalue weighted by atomic mass is 35.5. The summed E-state index contributed by atoms with van der Waals surface area (Å²) in [4.78, 5) is 52.9. The summed E-state index contributed by atoms with van der Waals surface area (Å²) in [6.07, 6.45) is 6.51. The van der Waals surface area contributed by atoms with Gasteiger partial charge < -0.3 is 25.6 Å². The van der Waals surface area contributed by atoms with Gasteiger partial charge in [0.25, 0.3) is 11.5 Å². The minimum atomic E-state index is -1.69. The zero-order valence-electron chi connectivity index (χ0n) is 26.5. The number of phenols is 1. The summed E-state index contributed by atoms with van der Waals surface area (Å²) < 4.78 is 32.9. The van der Waals surface area contributed by atoms with Crippen molar-refractivity contribution in [3.63, 3.8) is 0 Å². The SMILES string of the molecule is C[C@H]1CN(CC2(C)CC2)CCN1c1cc(NC(=O)Cn2cc(-c3cc(C(N)=O)c(O)c(F)c3F)c3c(=O)n4c(nc32)CCC4)c(Cl)cn1. The number of hydrogen-bond donors (Lipinski definition) is 3. The molecule has 3 aliphatic rings. The van der Waals surface area contributed by atoms with Crippen molar-refractivity contribution in [3.8, 4) is 16.9 Å². The molecular formula is C33H35ClF2N8O4. The van der Waals surface area contributed by atoms with Gasteiger partial charge in [0.1, 0.15) is 23.8 Å². The number of primary amides is 1. The van der Waals surface area contributed by atoms with Gasteiger partial charge in [0.15, 0.2) is 11.6 Å².